The maximum absolute atomic E-state index is 12.8. The Bertz CT molecular complexity index is 995. The summed E-state index contributed by atoms with van der Waals surface area (Å²) in [6.07, 6.45) is 0. The van der Waals surface area contributed by atoms with Crippen molar-refractivity contribution in [1.82, 2.24) is 14.6 Å². The molecule has 122 valence electrons. The first-order valence-electron chi connectivity index (χ1n) is 7.58. The zero-order valence-corrected chi connectivity index (χ0v) is 14.3. The summed E-state index contributed by atoms with van der Waals surface area (Å²) in [5, 5.41) is 3.03. The Morgan fingerprint density at radius 2 is 1.83 bits per heavy atom. The first-order valence-corrected chi connectivity index (χ1v) is 7.58. The molecule has 0 aliphatic carbocycles. The van der Waals surface area contributed by atoms with E-state index in [1.807, 2.05) is 32.9 Å². The molecule has 3 aromatic rings. The van der Waals surface area contributed by atoms with Crippen molar-refractivity contribution in [3.8, 4) is 5.75 Å². The molecule has 0 atom stereocenters. The number of carbonyl (C=O) groups excluding carboxylic acids is 1. The molecular formula is C18H18N4O2. The molecule has 0 amide bonds. The van der Waals surface area contributed by atoms with Gasteiger partial charge in [-0.3, -0.25) is 9.61 Å². The zero-order valence-electron chi connectivity index (χ0n) is 14.3. The topological polar surface area (TPSA) is 63.8 Å². The van der Waals surface area contributed by atoms with Crippen LogP contribution in [0.3, 0.4) is 0 Å². The monoisotopic (exact) mass is 322 g/mol. The number of hydrogen-bond acceptors (Lipinski definition) is 3. The zero-order chi connectivity index (χ0) is 17.6. The Labute approximate surface area is 139 Å². The van der Waals surface area contributed by atoms with Crippen LogP contribution in [0.1, 0.15) is 38.6 Å². The minimum absolute atomic E-state index is 0.200. The lowest BCUT2D eigenvalue weighted by Crippen LogP contribution is -2.10. The number of esters is 1. The van der Waals surface area contributed by atoms with E-state index in [0.29, 0.717) is 22.9 Å². The van der Waals surface area contributed by atoms with Crippen molar-refractivity contribution in [2.75, 3.05) is 0 Å². The van der Waals surface area contributed by atoms with E-state index < -0.39 is 5.97 Å². The second-order valence-corrected chi connectivity index (χ2v) is 6.01. The quantitative estimate of drug-likeness (QED) is 0.441. The van der Waals surface area contributed by atoms with Gasteiger partial charge in [-0.25, -0.2) is 14.6 Å². The molecule has 0 bridgehead atoms. The third kappa shape index (κ3) is 2.35. The Morgan fingerprint density at radius 3 is 2.42 bits per heavy atom. The summed E-state index contributed by atoms with van der Waals surface area (Å²) in [4.78, 5) is 20.6. The summed E-state index contributed by atoms with van der Waals surface area (Å²) < 4.78 is 7.29. The predicted molar refractivity (Wildman–Crippen MR) is 90.9 cm³/mol. The van der Waals surface area contributed by atoms with Crippen molar-refractivity contribution < 1.29 is 9.53 Å². The number of aromatic nitrogens is 3. The van der Waals surface area contributed by atoms with E-state index in [2.05, 4.69) is 14.9 Å². The molecule has 3 rings (SSSR count). The van der Waals surface area contributed by atoms with E-state index in [-0.39, 0.29) is 11.3 Å². The predicted octanol–water partition coefficient (Wildman–Crippen LogP) is 3.97. The fourth-order valence-electron chi connectivity index (χ4n) is 3.05. The van der Waals surface area contributed by atoms with Crippen LogP contribution in [0.15, 0.2) is 12.1 Å². The molecule has 6 nitrogen and oxygen atoms in total. The lowest BCUT2D eigenvalue weighted by molar-refractivity contribution is 0.0735. The summed E-state index contributed by atoms with van der Waals surface area (Å²) in [5.74, 6) is 0.639. The van der Waals surface area contributed by atoms with Crippen LogP contribution in [-0.2, 0) is 0 Å². The van der Waals surface area contributed by atoms with Gasteiger partial charge in [0.1, 0.15) is 17.1 Å². The lowest BCUT2D eigenvalue weighted by Gasteiger charge is -2.11. The van der Waals surface area contributed by atoms with Crippen LogP contribution < -0.4 is 4.74 Å². The van der Waals surface area contributed by atoms with Crippen LogP contribution in [0.5, 0.6) is 5.75 Å². The van der Waals surface area contributed by atoms with E-state index in [1.54, 1.807) is 18.4 Å². The Hall–Kier alpha value is -3.07. The van der Waals surface area contributed by atoms with Crippen LogP contribution >= 0.6 is 0 Å². The van der Waals surface area contributed by atoms with E-state index >= 15 is 0 Å². The molecule has 0 aliphatic rings. The van der Waals surface area contributed by atoms with Gasteiger partial charge in [-0.15, -0.1) is 0 Å². The van der Waals surface area contributed by atoms with Gasteiger partial charge in [-0.2, -0.15) is 0 Å². The van der Waals surface area contributed by atoms with Crippen LogP contribution in [0, 0.1) is 41.2 Å². The van der Waals surface area contributed by atoms with Gasteiger partial charge in [0.05, 0.1) is 6.57 Å². The van der Waals surface area contributed by atoms with Gasteiger partial charge < -0.3 is 4.74 Å². The van der Waals surface area contributed by atoms with Gasteiger partial charge in [0, 0.05) is 5.69 Å². The second kappa shape index (κ2) is 5.53. The molecule has 2 heterocycles. The van der Waals surface area contributed by atoms with Gasteiger partial charge >= 0.3 is 5.97 Å². The fraction of sp³-hybridized carbons (Fsp3) is 0.278. The number of aryl methyl sites for hydroxylation is 5. The summed E-state index contributed by atoms with van der Waals surface area (Å²) in [5.41, 5.74) is 4.41. The Morgan fingerprint density at radius 1 is 1.21 bits per heavy atom. The number of aromatic amines is 1. The normalized spacial score (nSPS) is 10.8. The standard InChI is InChI=1S/C18H18N4O2/c1-9-7-10(2)16(11(3)8-9)24-18(23)14-15(19-6)12(4)22-17(14)20-13(5)21-22/h7-8H,1-5H3,(H,20,21). The van der Waals surface area contributed by atoms with Crippen molar-refractivity contribution in [3.63, 3.8) is 0 Å². The third-order valence-electron chi connectivity index (χ3n) is 4.01. The van der Waals surface area contributed by atoms with Crippen LogP contribution in [0.4, 0.5) is 5.69 Å². The lowest BCUT2D eigenvalue weighted by atomic mass is 10.1. The molecule has 0 fully saturated rings. The van der Waals surface area contributed by atoms with Crippen molar-refractivity contribution in [3.05, 3.63) is 57.3 Å². The highest BCUT2D eigenvalue weighted by atomic mass is 16.5. The molecule has 0 saturated heterocycles. The molecule has 0 unspecified atom stereocenters. The molecule has 1 aromatic carbocycles. The average molecular weight is 322 g/mol. The number of benzene rings is 1. The van der Waals surface area contributed by atoms with E-state index in [1.165, 1.54) is 0 Å². The van der Waals surface area contributed by atoms with Gasteiger partial charge in [-0.1, -0.05) is 17.7 Å². The van der Waals surface area contributed by atoms with Crippen molar-refractivity contribution in [1.29, 1.82) is 0 Å². The number of nitrogens with zero attached hydrogens (tertiary/aromatic N) is 3. The molecule has 2 aromatic heterocycles. The number of rotatable bonds is 2. The second-order valence-electron chi connectivity index (χ2n) is 6.01. The van der Waals surface area contributed by atoms with Crippen LogP contribution in [-0.4, -0.2) is 20.6 Å². The average Bonchev–Trinajstić information content (AvgIpc) is 2.99. The van der Waals surface area contributed by atoms with E-state index in [4.69, 9.17) is 11.3 Å². The first-order chi connectivity index (χ1) is 11.3. The minimum atomic E-state index is -0.562. The summed E-state index contributed by atoms with van der Waals surface area (Å²) in [6.45, 7) is 16.8. The van der Waals surface area contributed by atoms with Gasteiger partial charge in [0.15, 0.2) is 5.65 Å². The maximum Gasteiger partial charge on any atom is 0.336 e. The van der Waals surface area contributed by atoms with Crippen molar-refractivity contribution >= 4 is 17.3 Å². The number of hydrogen-bond donors (Lipinski definition) is 1. The summed E-state index contributed by atoms with van der Waals surface area (Å²) >= 11 is 0. The van der Waals surface area contributed by atoms with Crippen molar-refractivity contribution in [2.45, 2.75) is 34.6 Å². The van der Waals surface area contributed by atoms with Gasteiger partial charge in [0.2, 0.25) is 5.69 Å². The highest BCUT2D eigenvalue weighted by Crippen LogP contribution is 2.32. The number of nitrogens with one attached hydrogen (secondary N) is 1. The van der Waals surface area contributed by atoms with Gasteiger partial charge in [-0.05, 0) is 45.7 Å². The molecule has 0 radical (unpaired) electrons. The Balaban J connectivity index is 2.12. The highest BCUT2D eigenvalue weighted by molar-refractivity contribution is 6.04. The summed E-state index contributed by atoms with van der Waals surface area (Å²) in [7, 11) is 0. The van der Waals surface area contributed by atoms with E-state index in [0.717, 1.165) is 16.7 Å². The molecule has 24 heavy (non-hydrogen) atoms. The maximum atomic E-state index is 12.8. The smallest absolute Gasteiger partial charge is 0.336 e. The van der Waals surface area contributed by atoms with Crippen LogP contribution in [0.2, 0.25) is 0 Å². The van der Waals surface area contributed by atoms with Crippen molar-refractivity contribution in [2.24, 2.45) is 0 Å². The SMILES string of the molecule is [C-]#[N+]c1c(C(=O)Oc2c(C)cc(C)cc2C)c2nc(C)[nH]n2c1C. The molecule has 0 aliphatic heterocycles. The first kappa shape index (κ1) is 15.8. The molecule has 6 heteroatoms. The molecular weight excluding hydrogens is 304 g/mol. The number of carbonyl (C=O) groups is 1. The number of H-pyrrole nitrogens is 1. The summed E-state index contributed by atoms with van der Waals surface area (Å²) in [6, 6.07) is 3.93. The van der Waals surface area contributed by atoms with Gasteiger partial charge in [0.25, 0.3) is 0 Å². The van der Waals surface area contributed by atoms with Crippen LogP contribution in [0.25, 0.3) is 10.5 Å². The largest absolute Gasteiger partial charge is 0.423 e. The van der Waals surface area contributed by atoms with E-state index in [9.17, 15) is 4.79 Å². The molecule has 0 saturated carbocycles. The Kier molecular flexibility index (Phi) is 3.64. The fourth-order valence-corrected chi connectivity index (χ4v) is 3.05. The third-order valence-corrected chi connectivity index (χ3v) is 4.01. The minimum Gasteiger partial charge on any atom is -0.423 e. The number of fused-ring (bicyclic) bond motifs is 1. The number of ether oxygens (including phenoxy) is 1. The molecule has 1 N–H and O–H groups in total. The highest BCUT2D eigenvalue weighted by Gasteiger charge is 2.26. The molecule has 0 spiro atoms.